The SMILES string of the molecule is COc1ccc(C#Cc2ccccc2[N+](=O)[O-])cc1. The molecule has 0 radical (unpaired) electrons. The molecule has 0 bridgehead atoms. The Bertz CT molecular complexity index is 651. The van der Waals surface area contributed by atoms with Crippen molar-refractivity contribution in [2.75, 3.05) is 7.11 Å². The molecular formula is C15H11NO3. The summed E-state index contributed by atoms with van der Waals surface area (Å²) in [7, 11) is 1.59. The minimum atomic E-state index is -0.433. The molecule has 0 aliphatic heterocycles. The molecule has 0 aliphatic rings. The van der Waals surface area contributed by atoms with Crippen LogP contribution in [0.5, 0.6) is 5.75 Å². The normalized spacial score (nSPS) is 9.32. The van der Waals surface area contributed by atoms with Crippen LogP contribution in [0.1, 0.15) is 11.1 Å². The Morgan fingerprint density at radius 2 is 1.74 bits per heavy atom. The molecule has 2 aromatic rings. The van der Waals surface area contributed by atoms with Crippen LogP contribution < -0.4 is 4.74 Å². The molecule has 2 rings (SSSR count). The van der Waals surface area contributed by atoms with Crippen LogP contribution >= 0.6 is 0 Å². The number of nitro groups is 1. The fourth-order valence-electron chi connectivity index (χ4n) is 1.55. The Morgan fingerprint density at radius 3 is 2.37 bits per heavy atom. The minimum Gasteiger partial charge on any atom is -0.497 e. The van der Waals surface area contributed by atoms with Crippen LogP contribution in [0.2, 0.25) is 0 Å². The van der Waals surface area contributed by atoms with Crippen molar-refractivity contribution in [1.82, 2.24) is 0 Å². The highest BCUT2D eigenvalue weighted by Gasteiger charge is 2.09. The largest absolute Gasteiger partial charge is 0.497 e. The molecule has 0 saturated carbocycles. The zero-order valence-corrected chi connectivity index (χ0v) is 10.3. The lowest BCUT2D eigenvalue weighted by Gasteiger charge is -1.97. The van der Waals surface area contributed by atoms with Crippen LogP contribution in [0.15, 0.2) is 48.5 Å². The summed E-state index contributed by atoms with van der Waals surface area (Å²) in [5.41, 5.74) is 1.20. The topological polar surface area (TPSA) is 52.4 Å². The Morgan fingerprint density at radius 1 is 1.05 bits per heavy atom. The molecule has 0 spiro atoms. The first-order chi connectivity index (χ1) is 9.20. The number of nitro benzene ring substituents is 1. The van der Waals surface area contributed by atoms with Gasteiger partial charge in [0.15, 0.2) is 0 Å². The predicted octanol–water partition coefficient (Wildman–Crippen LogP) is 3.00. The van der Waals surface area contributed by atoms with Crippen molar-refractivity contribution in [3.63, 3.8) is 0 Å². The van der Waals surface area contributed by atoms with Gasteiger partial charge in [0.25, 0.3) is 5.69 Å². The van der Waals surface area contributed by atoms with E-state index in [1.165, 1.54) is 6.07 Å². The molecule has 0 atom stereocenters. The molecule has 4 nitrogen and oxygen atoms in total. The fourth-order valence-corrected chi connectivity index (χ4v) is 1.55. The first-order valence-corrected chi connectivity index (χ1v) is 5.60. The van der Waals surface area contributed by atoms with Crippen LogP contribution in [0, 0.1) is 22.0 Å². The maximum Gasteiger partial charge on any atom is 0.284 e. The second-order valence-corrected chi connectivity index (χ2v) is 3.75. The molecule has 0 aromatic heterocycles. The summed E-state index contributed by atoms with van der Waals surface area (Å²) in [6.07, 6.45) is 0. The van der Waals surface area contributed by atoms with Crippen molar-refractivity contribution in [3.8, 4) is 17.6 Å². The van der Waals surface area contributed by atoms with E-state index in [0.717, 1.165) is 11.3 Å². The third kappa shape index (κ3) is 3.11. The molecule has 94 valence electrons. The summed E-state index contributed by atoms with van der Waals surface area (Å²) in [4.78, 5) is 10.4. The molecule has 0 N–H and O–H groups in total. The maximum absolute atomic E-state index is 10.8. The number of para-hydroxylation sites is 1. The van der Waals surface area contributed by atoms with Gasteiger partial charge in [0.1, 0.15) is 11.3 Å². The smallest absolute Gasteiger partial charge is 0.284 e. The highest BCUT2D eigenvalue weighted by molar-refractivity contribution is 5.53. The first kappa shape index (κ1) is 12.7. The van der Waals surface area contributed by atoms with E-state index in [1.54, 1.807) is 49.6 Å². The summed E-state index contributed by atoms with van der Waals surface area (Å²) in [5, 5.41) is 10.8. The molecule has 0 fully saturated rings. The van der Waals surface area contributed by atoms with Gasteiger partial charge in [-0.05, 0) is 30.3 Å². The average Bonchev–Trinajstić information content (AvgIpc) is 2.46. The van der Waals surface area contributed by atoms with E-state index < -0.39 is 4.92 Å². The third-order valence-electron chi connectivity index (χ3n) is 2.53. The molecule has 0 saturated heterocycles. The van der Waals surface area contributed by atoms with Gasteiger partial charge in [-0.15, -0.1) is 0 Å². The van der Waals surface area contributed by atoms with Gasteiger partial charge in [-0.3, -0.25) is 10.1 Å². The highest BCUT2D eigenvalue weighted by Crippen LogP contribution is 2.16. The lowest BCUT2D eigenvalue weighted by molar-refractivity contribution is -0.385. The number of hydrogen-bond acceptors (Lipinski definition) is 3. The van der Waals surface area contributed by atoms with E-state index in [2.05, 4.69) is 11.8 Å². The molecule has 0 heterocycles. The summed E-state index contributed by atoms with van der Waals surface area (Å²) in [5.74, 6) is 6.46. The lowest BCUT2D eigenvalue weighted by atomic mass is 10.1. The van der Waals surface area contributed by atoms with Crippen LogP contribution in [0.25, 0.3) is 0 Å². The Labute approximate surface area is 110 Å². The Balaban J connectivity index is 2.31. The van der Waals surface area contributed by atoms with Gasteiger partial charge in [0.2, 0.25) is 0 Å². The van der Waals surface area contributed by atoms with Crippen LogP contribution in [-0.2, 0) is 0 Å². The van der Waals surface area contributed by atoms with E-state index in [9.17, 15) is 10.1 Å². The molecule has 0 aliphatic carbocycles. The monoisotopic (exact) mass is 253 g/mol. The van der Waals surface area contributed by atoms with E-state index in [1.807, 2.05) is 0 Å². The fraction of sp³-hybridized carbons (Fsp3) is 0.0667. The van der Waals surface area contributed by atoms with Crippen LogP contribution in [0.4, 0.5) is 5.69 Å². The van der Waals surface area contributed by atoms with Crippen LogP contribution in [0.3, 0.4) is 0 Å². The molecule has 0 amide bonds. The van der Waals surface area contributed by atoms with Gasteiger partial charge < -0.3 is 4.74 Å². The summed E-state index contributed by atoms with van der Waals surface area (Å²) in [6.45, 7) is 0. The molecule has 0 unspecified atom stereocenters. The van der Waals surface area contributed by atoms with Gasteiger partial charge in [0.05, 0.1) is 12.0 Å². The van der Waals surface area contributed by atoms with Gasteiger partial charge in [-0.1, -0.05) is 24.0 Å². The number of methoxy groups -OCH3 is 1. The molecule has 4 heteroatoms. The third-order valence-corrected chi connectivity index (χ3v) is 2.53. The number of ether oxygens (including phenoxy) is 1. The Kier molecular flexibility index (Phi) is 3.79. The predicted molar refractivity (Wildman–Crippen MR) is 72.1 cm³/mol. The number of nitrogens with zero attached hydrogens (tertiary/aromatic N) is 1. The second kappa shape index (κ2) is 5.69. The van der Waals surface area contributed by atoms with E-state index in [-0.39, 0.29) is 5.69 Å². The standard InChI is InChI=1S/C15H11NO3/c1-19-14-10-7-12(8-11-14)6-9-13-4-2-3-5-15(13)16(17)18/h2-5,7-8,10-11H,1H3. The minimum absolute atomic E-state index is 0.0171. The molecule has 2 aromatic carbocycles. The van der Waals surface area contributed by atoms with Gasteiger partial charge >= 0.3 is 0 Å². The first-order valence-electron chi connectivity index (χ1n) is 5.60. The van der Waals surface area contributed by atoms with E-state index in [4.69, 9.17) is 4.74 Å². The molecular weight excluding hydrogens is 242 g/mol. The van der Waals surface area contributed by atoms with Crippen molar-refractivity contribution >= 4 is 5.69 Å². The van der Waals surface area contributed by atoms with Gasteiger partial charge in [-0.25, -0.2) is 0 Å². The number of hydrogen-bond donors (Lipinski definition) is 0. The average molecular weight is 253 g/mol. The van der Waals surface area contributed by atoms with Crippen molar-refractivity contribution in [1.29, 1.82) is 0 Å². The van der Waals surface area contributed by atoms with Crippen molar-refractivity contribution in [2.45, 2.75) is 0 Å². The van der Waals surface area contributed by atoms with E-state index >= 15 is 0 Å². The van der Waals surface area contributed by atoms with Crippen molar-refractivity contribution in [2.24, 2.45) is 0 Å². The van der Waals surface area contributed by atoms with Crippen molar-refractivity contribution in [3.05, 3.63) is 69.8 Å². The quantitative estimate of drug-likeness (QED) is 0.469. The molecule has 19 heavy (non-hydrogen) atoms. The zero-order valence-electron chi connectivity index (χ0n) is 10.3. The number of rotatable bonds is 2. The van der Waals surface area contributed by atoms with Crippen LogP contribution in [-0.4, -0.2) is 12.0 Å². The summed E-state index contributed by atoms with van der Waals surface area (Å²) < 4.78 is 5.05. The second-order valence-electron chi connectivity index (χ2n) is 3.75. The maximum atomic E-state index is 10.8. The van der Waals surface area contributed by atoms with Gasteiger partial charge in [0, 0.05) is 11.6 Å². The zero-order chi connectivity index (χ0) is 13.7. The lowest BCUT2D eigenvalue weighted by Crippen LogP contribution is -1.91. The summed E-state index contributed by atoms with van der Waals surface area (Å²) in [6, 6.07) is 13.6. The van der Waals surface area contributed by atoms with Crippen molar-refractivity contribution < 1.29 is 9.66 Å². The van der Waals surface area contributed by atoms with Gasteiger partial charge in [-0.2, -0.15) is 0 Å². The number of benzene rings is 2. The highest BCUT2D eigenvalue weighted by atomic mass is 16.6. The summed E-state index contributed by atoms with van der Waals surface area (Å²) >= 11 is 0. The Hall–Kier alpha value is -2.80. The van der Waals surface area contributed by atoms with E-state index in [0.29, 0.717) is 5.56 Å².